The second kappa shape index (κ2) is 7.28. The van der Waals surface area contributed by atoms with E-state index in [1.807, 2.05) is 31.7 Å². The smallest absolute Gasteiger partial charge is 0.320 e. The van der Waals surface area contributed by atoms with E-state index in [0.29, 0.717) is 5.76 Å². The van der Waals surface area contributed by atoms with Gasteiger partial charge in [-0.2, -0.15) is 0 Å². The van der Waals surface area contributed by atoms with Crippen LogP contribution in [0.2, 0.25) is 0 Å². The first kappa shape index (κ1) is 19.6. The molecule has 1 fully saturated rings. The molecule has 1 aromatic heterocycles. The maximum Gasteiger partial charge on any atom is 0.320 e. The topological polar surface area (TPSA) is 72.6 Å². The third-order valence-electron chi connectivity index (χ3n) is 4.16. The van der Waals surface area contributed by atoms with Crippen LogP contribution in [0.3, 0.4) is 0 Å². The molecule has 0 saturated carbocycles. The second-order valence-corrected chi connectivity index (χ2v) is 8.79. The summed E-state index contributed by atoms with van der Waals surface area (Å²) in [6.07, 6.45) is 1.88. The molecule has 6 nitrogen and oxygen atoms in total. The van der Waals surface area contributed by atoms with Crippen LogP contribution < -0.4 is 0 Å². The van der Waals surface area contributed by atoms with Crippen LogP contribution >= 0.6 is 0 Å². The third-order valence-corrected chi connectivity index (χ3v) is 4.16. The summed E-state index contributed by atoms with van der Waals surface area (Å²) in [6.45, 7) is 12.6. The fraction of sp³-hybridized carbons (Fsp3) is 0.737. The number of rotatable bonds is 5. The number of carbonyl (C=O) groups is 2. The van der Waals surface area contributed by atoms with E-state index >= 15 is 0 Å². The molecule has 0 aromatic carbocycles. The lowest BCUT2D eigenvalue weighted by molar-refractivity contribution is -0.156. The molecule has 1 aliphatic rings. The van der Waals surface area contributed by atoms with Crippen molar-refractivity contribution >= 4 is 11.8 Å². The lowest BCUT2D eigenvalue weighted by Crippen LogP contribution is -2.41. The van der Waals surface area contributed by atoms with Gasteiger partial charge in [0, 0.05) is 11.5 Å². The first-order valence-corrected chi connectivity index (χ1v) is 8.90. The molecule has 1 atom stereocenters. The van der Waals surface area contributed by atoms with Crippen molar-refractivity contribution < 1.29 is 18.8 Å². The van der Waals surface area contributed by atoms with Crippen LogP contribution in [0.15, 0.2) is 10.6 Å². The molecule has 0 N–H and O–H groups in total. The Kier molecular flexibility index (Phi) is 5.72. The van der Waals surface area contributed by atoms with E-state index < -0.39 is 5.60 Å². The van der Waals surface area contributed by atoms with Crippen molar-refractivity contribution in [2.24, 2.45) is 0 Å². The van der Waals surface area contributed by atoms with Crippen LogP contribution in [0.25, 0.3) is 0 Å². The number of Topliss-reactive ketones (excluding diaryl/α,β-unsaturated/α-hetero) is 1. The molecule has 6 heteroatoms. The molecule has 0 spiro atoms. The normalized spacial score (nSPS) is 19.2. The third kappa shape index (κ3) is 5.66. The van der Waals surface area contributed by atoms with Crippen molar-refractivity contribution in [1.82, 2.24) is 10.1 Å². The van der Waals surface area contributed by atoms with Crippen LogP contribution in [0.4, 0.5) is 0 Å². The van der Waals surface area contributed by atoms with Gasteiger partial charge in [0.05, 0.1) is 24.7 Å². The molecule has 2 heterocycles. The predicted octanol–water partition coefficient (Wildman–Crippen LogP) is 2.89. The molecule has 25 heavy (non-hydrogen) atoms. The van der Waals surface area contributed by atoms with Gasteiger partial charge in [0.15, 0.2) is 5.78 Å². The number of hydrogen-bond donors (Lipinski definition) is 0. The molecule has 1 aromatic rings. The summed E-state index contributed by atoms with van der Waals surface area (Å²) in [5, 5.41) is 4.06. The first-order valence-electron chi connectivity index (χ1n) is 8.90. The van der Waals surface area contributed by atoms with Gasteiger partial charge in [-0.15, -0.1) is 0 Å². The maximum atomic E-state index is 12.7. The number of ketones is 1. The summed E-state index contributed by atoms with van der Waals surface area (Å²) < 4.78 is 10.7. The zero-order chi connectivity index (χ0) is 18.8. The number of nitrogens with zero attached hydrogens (tertiary/aromatic N) is 2. The molecule has 1 saturated heterocycles. The van der Waals surface area contributed by atoms with E-state index in [2.05, 4.69) is 25.9 Å². The predicted molar refractivity (Wildman–Crippen MR) is 94.4 cm³/mol. The van der Waals surface area contributed by atoms with E-state index in [-0.39, 0.29) is 36.2 Å². The molecular weight excluding hydrogens is 320 g/mol. The first-order chi connectivity index (χ1) is 11.5. The Bertz CT molecular complexity index is 622. The lowest BCUT2D eigenvalue weighted by atomic mass is 9.92. The zero-order valence-electron chi connectivity index (χ0n) is 16.2. The summed E-state index contributed by atoms with van der Waals surface area (Å²) in [6, 6.07) is 1.60. The molecule has 140 valence electrons. The van der Waals surface area contributed by atoms with E-state index in [0.717, 1.165) is 25.1 Å². The van der Waals surface area contributed by atoms with Crippen molar-refractivity contribution in [1.29, 1.82) is 0 Å². The maximum absolute atomic E-state index is 12.7. The molecule has 0 amide bonds. The van der Waals surface area contributed by atoms with Gasteiger partial charge in [0.2, 0.25) is 0 Å². The zero-order valence-corrected chi connectivity index (χ0v) is 16.2. The highest BCUT2D eigenvalue weighted by Crippen LogP contribution is 2.24. The molecule has 0 aliphatic carbocycles. The van der Waals surface area contributed by atoms with Crippen LogP contribution in [0.5, 0.6) is 0 Å². The summed E-state index contributed by atoms with van der Waals surface area (Å²) in [7, 11) is 0. The number of esters is 1. The SMILES string of the molecule is CC(C)(C)OC(=O)CN1CCC[C@H]1C(=O)Cc1cc(C(C)(C)C)no1. The standard InChI is InChI=1S/C19H30N2O4/c1-18(2,3)16-11-13(25-20-16)10-15(22)14-8-7-9-21(14)12-17(23)24-19(4,5)6/h11,14H,7-10,12H2,1-6H3/t14-/m0/s1. The molecular formula is C19H30N2O4. The van der Waals surface area contributed by atoms with Crippen LogP contribution in [0, 0.1) is 0 Å². The van der Waals surface area contributed by atoms with Crippen molar-refractivity contribution in [3.8, 4) is 0 Å². The summed E-state index contributed by atoms with van der Waals surface area (Å²) in [4.78, 5) is 26.6. The molecule has 1 aliphatic heterocycles. The summed E-state index contributed by atoms with van der Waals surface area (Å²) in [5.74, 6) is 0.360. The monoisotopic (exact) mass is 350 g/mol. The minimum Gasteiger partial charge on any atom is -0.459 e. The number of aromatic nitrogens is 1. The van der Waals surface area contributed by atoms with E-state index in [4.69, 9.17) is 9.26 Å². The largest absolute Gasteiger partial charge is 0.459 e. The fourth-order valence-electron chi connectivity index (χ4n) is 2.96. The van der Waals surface area contributed by atoms with Gasteiger partial charge in [-0.05, 0) is 40.2 Å². The van der Waals surface area contributed by atoms with E-state index in [1.54, 1.807) is 0 Å². The minimum absolute atomic E-state index is 0.0673. The average molecular weight is 350 g/mol. The van der Waals surface area contributed by atoms with E-state index in [9.17, 15) is 9.59 Å². The van der Waals surface area contributed by atoms with Crippen molar-refractivity contribution in [2.75, 3.05) is 13.1 Å². The molecule has 0 radical (unpaired) electrons. The van der Waals surface area contributed by atoms with Gasteiger partial charge in [0.25, 0.3) is 0 Å². The highest BCUT2D eigenvalue weighted by atomic mass is 16.6. The highest BCUT2D eigenvalue weighted by molar-refractivity contribution is 5.86. The Morgan fingerprint density at radius 1 is 1.28 bits per heavy atom. The van der Waals surface area contributed by atoms with Gasteiger partial charge in [-0.3, -0.25) is 14.5 Å². The Balaban J connectivity index is 1.96. The summed E-state index contributed by atoms with van der Waals surface area (Å²) in [5.41, 5.74) is 0.216. The van der Waals surface area contributed by atoms with Gasteiger partial charge < -0.3 is 9.26 Å². The van der Waals surface area contributed by atoms with E-state index in [1.165, 1.54) is 0 Å². The average Bonchev–Trinajstić information content (AvgIpc) is 3.04. The van der Waals surface area contributed by atoms with Gasteiger partial charge in [-0.1, -0.05) is 25.9 Å². The number of likely N-dealkylation sites (tertiary alicyclic amines) is 1. The summed E-state index contributed by atoms with van der Waals surface area (Å²) >= 11 is 0. The lowest BCUT2D eigenvalue weighted by Gasteiger charge is -2.25. The number of hydrogen-bond acceptors (Lipinski definition) is 6. The Hall–Kier alpha value is -1.69. The van der Waals surface area contributed by atoms with Crippen molar-refractivity contribution in [3.05, 3.63) is 17.5 Å². The van der Waals surface area contributed by atoms with Gasteiger partial charge in [0.1, 0.15) is 11.4 Å². The molecule has 0 unspecified atom stereocenters. The number of carbonyl (C=O) groups excluding carboxylic acids is 2. The van der Waals surface area contributed by atoms with Crippen molar-refractivity contribution in [2.45, 2.75) is 77.9 Å². The number of ether oxygens (including phenoxy) is 1. The van der Waals surface area contributed by atoms with Crippen LogP contribution in [0.1, 0.15) is 65.8 Å². The van der Waals surface area contributed by atoms with Crippen LogP contribution in [-0.2, 0) is 26.2 Å². The Morgan fingerprint density at radius 2 is 1.96 bits per heavy atom. The van der Waals surface area contributed by atoms with Gasteiger partial charge in [-0.25, -0.2) is 0 Å². The molecule has 2 rings (SSSR count). The molecule has 0 bridgehead atoms. The minimum atomic E-state index is -0.514. The van der Waals surface area contributed by atoms with Crippen molar-refractivity contribution in [3.63, 3.8) is 0 Å². The fourth-order valence-corrected chi connectivity index (χ4v) is 2.96. The Morgan fingerprint density at radius 3 is 2.52 bits per heavy atom. The van der Waals surface area contributed by atoms with Gasteiger partial charge >= 0.3 is 5.97 Å². The quantitative estimate of drug-likeness (QED) is 0.760. The van der Waals surface area contributed by atoms with Crippen LogP contribution in [-0.4, -0.2) is 46.5 Å². The highest BCUT2D eigenvalue weighted by Gasteiger charge is 2.33. The second-order valence-electron chi connectivity index (χ2n) is 8.79. The Labute approximate surface area is 149 Å².